The van der Waals surface area contributed by atoms with E-state index < -0.39 is 11.8 Å². The third kappa shape index (κ3) is 4.09. The molecule has 5 nitrogen and oxygen atoms in total. The first-order valence-electron chi connectivity index (χ1n) is 11.2. The van der Waals surface area contributed by atoms with Gasteiger partial charge in [-0.2, -0.15) is 5.26 Å². The van der Waals surface area contributed by atoms with E-state index in [1.54, 1.807) is 13.0 Å². The van der Waals surface area contributed by atoms with Crippen molar-refractivity contribution < 1.29 is 9.59 Å². The number of carbonyl (C=O) groups is 2. The largest absolute Gasteiger partial charge is 0.301 e. The SMILES string of the molecule is CC1=C(C#N)C(=O)N(C)C(=O)/C1=C/c1ccc(N(c2ccc(Cl)cc2)c2cccc3ccccc23)s1. The summed E-state index contributed by atoms with van der Waals surface area (Å²) in [5, 5.41) is 13.3. The minimum atomic E-state index is -0.575. The summed E-state index contributed by atoms with van der Waals surface area (Å²) in [6.45, 7) is 1.64. The zero-order chi connectivity index (χ0) is 25.4. The van der Waals surface area contributed by atoms with Gasteiger partial charge in [0.2, 0.25) is 0 Å². The fourth-order valence-corrected chi connectivity index (χ4v) is 5.37. The van der Waals surface area contributed by atoms with Crippen LogP contribution in [0.1, 0.15) is 11.8 Å². The molecule has 5 rings (SSSR count). The summed E-state index contributed by atoms with van der Waals surface area (Å²) in [6, 6.07) is 27.9. The van der Waals surface area contributed by atoms with E-state index >= 15 is 0 Å². The number of hydrogen-bond donors (Lipinski definition) is 0. The van der Waals surface area contributed by atoms with Gasteiger partial charge < -0.3 is 4.90 Å². The molecule has 0 aliphatic carbocycles. The molecule has 2 heterocycles. The summed E-state index contributed by atoms with van der Waals surface area (Å²) in [4.78, 5) is 29.1. The number of rotatable bonds is 4. The number of halogens is 1. The second kappa shape index (κ2) is 9.46. The Bertz CT molecular complexity index is 1620. The Morgan fingerprint density at radius 1 is 0.944 bits per heavy atom. The van der Waals surface area contributed by atoms with Crippen LogP contribution in [0, 0.1) is 11.3 Å². The maximum atomic E-state index is 12.8. The van der Waals surface area contributed by atoms with Gasteiger partial charge in [-0.25, -0.2) is 0 Å². The molecule has 1 aromatic heterocycles. The lowest BCUT2D eigenvalue weighted by atomic mass is 9.95. The average molecular weight is 510 g/mol. The van der Waals surface area contributed by atoms with Gasteiger partial charge >= 0.3 is 0 Å². The predicted molar refractivity (Wildman–Crippen MR) is 146 cm³/mol. The number of nitrogens with zero attached hydrogens (tertiary/aromatic N) is 3. The van der Waals surface area contributed by atoms with Gasteiger partial charge in [-0.15, -0.1) is 11.3 Å². The minimum absolute atomic E-state index is 0.0151. The third-order valence-corrected chi connectivity index (χ3v) is 7.43. The molecule has 2 amide bonds. The molecule has 0 fully saturated rings. The zero-order valence-corrected chi connectivity index (χ0v) is 21.1. The van der Waals surface area contributed by atoms with E-state index in [0.29, 0.717) is 16.2 Å². The highest BCUT2D eigenvalue weighted by Crippen LogP contribution is 2.42. The van der Waals surface area contributed by atoms with Crippen LogP contribution in [0.25, 0.3) is 16.8 Å². The van der Waals surface area contributed by atoms with E-state index in [1.165, 1.54) is 18.4 Å². The van der Waals surface area contributed by atoms with Crippen LogP contribution in [-0.2, 0) is 9.59 Å². The van der Waals surface area contributed by atoms with E-state index in [4.69, 9.17) is 11.6 Å². The van der Waals surface area contributed by atoms with E-state index in [2.05, 4.69) is 29.2 Å². The molecule has 7 heteroatoms. The van der Waals surface area contributed by atoms with E-state index in [-0.39, 0.29) is 5.57 Å². The van der Waals surface area contributed by atoms with E-state index in [0.717, 1.165) is 36.9 Å². The van der Waals surface area contributed by atoms with Crippen molar-refractivity contribution in [2.24, 2.45) is 0 Å². The Kier molecular flexibility index (Phi) is 6.19. The topological polar surface area (TPSA) is 64.4 Å². The molecule has 1 aliphatic rings. The van der Waals surface area contributed by atoms with Crippen molar-refractivity contribution in [1.29, 1.82) is 5.26 Å². The molecule has 3 aromatic carbocycles. The normalized spacial score (nSPS) is 15.1. The van der Waals surface area contributed by atoms with Gasteiger partial charge in [0.1, 0.15) is 16.6 Å². The van der Waals surface area contributed by atoms with Crippen molar-refractivity contribution in [3.8, 4) is 6.07 Å². The molecular formula is C29H20ClN3O2S. The van der Waals surface area contributed by atoms with Gasteiger partial charge in [0.15, 0.2) is 0 Å². The highest BCUT2D eigenvalue weighted by Gasteiger charge is 2.33. The number of nitriles is 1. The average Bonchev–Trinajstić information content (AvgIpc) is 3.35. The number of amides is 2. The first kappa shape index (κ1) is 23.6. The quantitative estimate of drug-likeness (QED) is 0.215. The standard InChI is InChI=1S/C29H20ClN3O2S/c1-18-24(28(34)32(2)29(35)25(18)17-31)16-22-14-15-27(36-22)33(21-12-10-20(30)11-13-21)26-9-5-7-19-6-3-4-8-23(19)26/h3-16H,1-2H3/b24-16+. The van der Waals surface area contributed by atoms with E-state index in [9.17, 15) is 14.9 Å². The fraction of sp³-hybridized carbons (Fsp3) is 0.0690. The van der Waals surface area contributed by atoms with Crippen molar-refractivity contribution in [3.05, 3.63) is 105 Å². The fourth-order valence-electron chi connectivity index (χ4n) is 4.26. The molecule has 0 saturated carbocycles. The molecule has 0 bridgehead atoms. The first-order valence-corrected chi connectivity index (χ1v) is 12.4. The number of likely N-dealkylation sites (N-methyl/N-ethyl adjacent to an activating group) is 1. The van der Waals surface area contributed by atoms with Crippen molar-refractivity contribution in [2.75, 3.05) is 11.9 Å². The summed E-state index contributed by atoms with van der Waals surface area (Å²) < 4.78 is 0. The van der Waals surface area contributed by atoms with Gasteiger partial charge in [0.25, 0.3) is 11.8 Å². The molecule has 0 atom stereocenters. The lowest BCUT2D eigenvalue weighted by Crippen LogP contribution is -2.39. The molecule has 176 valence electrons. The number of imide groups is 1. The lowest BCUT2D eigenvalue weighted by molar-refractivity contribution is -0.138. The molecule has 36 heavy (non-hydrogen) atoms. The van der Waals surface area contributed by atoms with Crippen LogP contribution < -0.4 is 4.90 Å². The molecular weight excluding hydrogens is 490 g/mol. The first-order chi connectivity index (χ1) is 17.4. The minimum Gasteiger partial charge on any atom is -0.301 e. The third-order valence-electron chi connectivity index (χ3n) is 6.16. The summed E-state index contributed by atoms with van der Waals surface area (Å²) in [7, 11) is 1.39. The number of carbonyl (C=O) groups excluding carboxylic acids is 2. The van der Waals surface area contributed by atoms with E-state index in [1.807, 2.05) is 60.7 Å². The van der Waals surface area contributed by atoms with Gasteiger partial charge in [-0.1, -0.05) is 48.0 Å². The Balaban J connectivity index is 1.65. The molecule has 0 unspecified atom stereocenters. The van der Waals surface area contributed by atoms with Crippen molar-refractivity contribution in [3.63, 3.8) is 0 Å². The monoisotopic (exact) mass is 509 g/mol. The van der Waals surface area contributed by atoms with Gasteiger partial charge in [-0.05, 0) is 66.4 Å². The number of benzene rings is 3. The van der Waals surface area contributed by atoms with Gasteiger partial charge in [-0.3, -0.25) is 14.5 Å². The smallest absolute Gasteiger partial charge is 0.271 e. The summed E-state index contributed by atoms with van der Waals surface area (Å²) in [5.41, 5.74) is 2.67. The molecule has 0 spiro atoms. The maximum absolute atomic E-state index is 12.8. The molecule has 4 aromatic rings. The predicted octanol–water partition coefficient (Wildman–Crippen LogP) is 7.25. The van der Waals surface area contributed by atoms with Crippen molar-refractivity contribution in [1.82, 2.24) is 4.90 Å². The molecule has 1 aliphatic heterocycles. The highest BCUT2D eigenvalue weighted by atomic mass is 35.5. The van der Waals surface area contributed by atoms with Crippen LogP contribution in [0.15, 0.2) is 95.6 Å². The Labute approximate surface area is 217 Å². The second-order valence-corrected chi connectivity index (χ2v) is 9.86. The molecule has 0 N–H and O–H groups in total. The van der Waals surface area contributed by atoms with Gasteiger partial charge in [0, 0.05) is 33.6 Å². The second-order valence-electron chi connectivity index (χ2n) is 8.33. The lowest BCUT2D eigenvalue weighted by Gasteiger charge is -2.25. The number of anilines is 3. The van der Waals surface area contributed by atoms with Crippen LogP contribution >= 0.6 is 22.9 Å². The van der Waals surface area contributed by atoms with Crippen molar-refractivity contribution >= 4 is 68.0 Å². The number of hydrogen-bond acceptors (Lipinski definition) is 5. The zero-order valence-electron chi connectivity index (χ0n) is 19.5. The van der Waals surface area contributed by atoms with Crippen LogP contribution in [0.4, 0.5) is 16.4 Å². The number of fused-ring (bicyclic) bond motifs is 1. The summed E-state index contributed by atoms with van der Waals surface area (Å²) >= 11 is 7.69. The van der Waals surface area contributed by atoms with Crippen LogP contribution in [0.3, 0.4) is 0 Å². The van der Waals surface area contributed by atoms with Gasteiger partial charge in [0.05, 0.1) is 5.69 Å². The Hall–Kier alpha value is -4.18. The summed E-state index contributed by atoms with van der Waals surface area (Å²) in [6.07, 6.45) is 1.75. The number of thiophene rings is 1. The highest BCUT2D eigenvalue weighted by molar-refractivity contribution is 7.17. The molecule has 0 radical (unpaired) electrons. The van der Waals surface area contributed by atoms with Crippen LogP contribution in [0.2, 0.25) is 5.02 Å². The van der Waals surface area contributed by atoms with Crippen molar-refractivity contribution in [2.45, 2.75) is 6.92 Å². The molecule has 0 saturated heterocycles. The summed E-state index contributed by atoms with van der Waals surface area (Å²) in [5.74, 6) is -0.996. The van der Waals surface area contributed by atoms with Crippen LogP contribution in [0.5, 0.6) is 0 Å². The Morgan fingerprint density at radius 3 is 2.42 bits per heavy atom. The Morgan fingerprint density at radius 2 is 1.67 bits per heavy atom. The van der Waals surface area contributed by atoms with Crippen LogP contribution in [-0.4, -0.2) is 23.8 Å². The maximum Gasteiger partial charge on any atom is 0.271 e.